The molecule has 1 fully saturated rings. The highest BCUT2D eigenvalue weighted by atomic mass is 16.6. The van der Waals surface area contributed by atoms with Crippen LogP contribution in [0.25, 0.3) is 10.8 Å². The first-order valence-corrected chi connectivity index (χ1v) is 9.36. The Hall–Kier alpha value is -2.14. The van der Waals surface area contributed by atoms with Gasteiger partial charge in [-0.15, -0.1) is 0 Å². The Bertz CT molecular complexity index is 769. The van der Waals surface area contributed by atoms with E-state index in [2.05, 4.69) is 41.1 Å². The average molecular weight is 355 g/mol. The molecule has 1 aromatic heterocycles. The minimum absolute atomic E-state index is 0.204. The quantitative estimate of drug-likeness (QED) is 0.815. The van der Waals surface area contributed by atoms with E-state index in [1.54, 1.807) is 0 Å². The molecule has 1 aromatic carbocycles. The van der Waals surface area contributed by atoms with Gasteiger partial charge in [0.1, 0.15) is 5.60 Å². The van der Waals surface area contributed by atoms with E-state index in [4.69, 9.17) is 4.74 Å². The normalized spacial score (nSPS) is 19.4. The fourth-order valence-corrected chi connectivity index (χ4v) is 3.40. The standard InChI is InChI=1S/C21H29N3O2/c1-16-14-24(20(25)26-21(2,3)4)11-5-10-23(16)15-17-6-7-19-13-22-9-8-18(19)12-17/h6-9,12-13,16H,5,10-11,14-15H2,1-4H3/t16-/m0/s1. The number of ether oxygens (including phenoxy) is 1. The van der Waals surface area contributed by atoms with Crippen LogP contribution in [0.15, 0.2) is 36.7 Å². The van der Waals surface area contributed by atoms with Crippen LogP contribution < -0.4 is 0 Å². The molecule has 0 saturated carbocycles. The SMILES string of the molecule is C[C@H]1CN(C(=O)OC(C)(C)C)CCCN1Cc1ccc2cnccc2c1. The largest absolute Gasteiger partial charge is 0.444 e. The lowest BCUT2D eigenvalue weighted by atomic mass is 10.1. The Morgan fingerprint density at radius 3 is 2.81 bits per heavy atom. The molecule has 1 aliphatic rings. The summed E-state index contributed by atoms with van der Waals surface area (Å²) in [7, 11) is 0. The summed E-state index contributed by atoms with van der Waals surface area (Å²) in [4.78, 5) is 20.9. The zero-order valence-corrected chi connectivity index (χ0v) is 16.2. The maximum atomic E-state index is 12.4. The van der Waals surface area contributed by atoms with E-state index < -0.39 is 5.60 Å². The topological polar surface area (TPSA) is 45.7 Å². The Kier molecular flexibility index (Phi) is 5.47. The van der Waals surface area contributed by atoms with Gasteiger partial charge in [0.15, 0.2) is 0 Å². The van der Waals surface area contributed by atoms with Gasteiger partial charge in [-0.05, 0) is 57.2 Å². The molecule has 1 atom stereocenters. The second-order valence-electron chi connectivity index (χ2n) is 8.16. The summed E-state index contributed by atoms with van der Waals surface area (Å²) in [5.74, 6) is 0. The highest BCUT2D eigenvalue weighted by molar-refractivity contribution is 5.82. The van der Waals surface area contributed by atoms with Gasteiger partial charge in [-0.1, -0.05) is 12.1 Å². The smallest absolute Gasteiger partial charge is 0.410 e. The molecule has 1 saturated heterocycles. The average Bonchev–Trinajstić information content (AvgIpc) is 2.75. The first kappa shape index (κ1) is 18.6. The van der Waals surface area contributed by atoms with Crippen molar-refractivity contribution in [2.75, 3.05) is 19.6 Å². The van der Waals surface area contributed by atoms with Crippen molar-refractivity contribution in [2.24, 2.45) is 0 Å². The van der Waals surface area contributed by atoms with Gasteiger partial charge in [0.05, 0.1) is 0 Å². The van der Waals surface area contributed by atoms with E-state index in [-0.39, 0.29) is 12.1 Å². The lowest BCUT2D eigenvalue weighted by Crippen LogP contribution is -2.43. The van der Waals surface area contributed by atoms with E-state index in [1.165, 1.54) is 10.9 Å². The number of benzene rings is 1. The van der Waals surface area contributed by atoms with E-state index in [9.17, 15) is 4.79 Å². The molecular formula is C21H29N3O2. The van der Waals surface area contributed by atoms with E-state index in [0.29, 0.717) is 6.54 Å². The molecule has 1 amide bonds. The molecule has 1 aliphatic heterocycles. The molecule has 26 heavy (non-hydrogen) atoms. The predicted molar refractivity (Wildman–Crippen MR) is 104 cm³/mol. The molecule has 140 valence electrons. The van der Waals surface area contributed by atoms with Gasteiger partial charge < -0.3 is 9.64 Å². The molecule has 2 heterocycles. The van der Waals surface area contributed by atoms with Gasteiger partial charge >= 0.3 is 6.09 Å². The van der Waals surface area contributed by atoms with Crippen molar-refractivity contribution in [1.82, 2.24) is 14.8 Å². The lowest BCUT2D eigenvalue weighted by Gasteiger charge is -2.30. The summed E-state index contributed by atoms with van der Waals surface area (Å²) in [5.41, 5.74) is 0.841. The summed E-state index contributed by atoms with van der Waals surface area (Å²) < 4.78 is 5.55. The Morgan fingerprint density at radius 1 is 1.23 bits per heavy atom. The molecule has 3 rings (SSSR count). The van der Waals surface area contributed by atoms with Gasteiger partial charge in [0.2, 0.25) is 0 Å². The van der Waals surface area contributed by atoms with Gasteiger partial charge in [-0.25, -0.2) is 4.79 Å². The molecule has 5 nitrogen and oxygen atoms in total. The Labute approximate surface area is 156 Å². The van der Waals surface area contributed by atoms with Gasteiger partial charge in [-0.3, -0.25) is 9.88 Å². The molecule has 2 aromatic rings. The molecule has 5 heteroatoms. The molecule has 0 bridgehead atoms. The maximum absolute atomic E-state index is 12.4. The van der Waals surface area contributed by atoms with Crippen LogP contribution in [-0.4, -0.2) is 52.2 Å². The fraction of sp³-hybridized carbons (Fsp3) is 0.524. The van der Waals surface area contributed by atoms with Crippen molar-refractivity contribution in [1.29, 1.82) is 0 Å². The fourth-order valence-electron chi connectivity index (χ4n) is 3.40. The molecular weight excluding hydrogens is 326 g/mol. The molecule has 0 unspecified atom stereocenters. The van der Waals surface area contributed by atoms with E-state index >= 15 is 0 Å². The van der Waals surface area contributed by atoms with Crippen LogP contribution in [0.2, 0.25) is 0 Å². The van der Waals surface area contributed by atoms with Crippen LogP contribution in [-0.2, 0) is 11.3 Å². The third kappa shape index (κ3) is 4.73. The van der Waals surface area contributed by atoms with E-state index in [1.807, 2.05) is 38.1 Å². The molecule has 0 radical (unpaired) electrons. The number of pyridine rings is 1. The third-order valence-electron chi connectivity index (χ3n) is 4.72. The summed E-state index contributed by atoms with van der Waals surface area (Å²) in [6.07, 6.45) is 4.48. The number of hydrogen-bond acceptors (Lipinski definition) is 4. The van der Waals surface area contributed by atoms with Crippen molar-refractivity contribution < 1.29 is 9.53 Å². The monoisotopic (exact) mass is 355 g/mol. The molecule has 0 aliphatic carbocycles. The van der Waals surface area contributed by atoms with Crippen molar-refractivity contribution in [3.8, 4) is 0 Å². The number of nitrogens with zero attached hydrogens (tertiary/aromatic N) is 3. The first-order valence-electron chi connectivity index (χ1n) is 9.36. The summed E-state index contributed by atoms with van der Waals surface area (Å²) in [5, 5.41) is 2.38. The first-order chi connectivity index (χ1) is 12.3. The zero-order valence-electron chi connectivity index (χ0n) is 16.2. The zero-order chi connectivity index (χ0) is 18.7. The Morgan fingerprint density at radius 2 is 2.04 bits per heavy atom. The van der Waals surface area contributed by atoms with Crippen LogP contribution in [0.1, 0.15) is 39.7 Å². The second kappa shape index (κ2) is 7.62. The second-order valence-corrected chi connectivity index (χ2v) is 8.16. The predicted octanol–water partition coefficient (Wildman–Crippen LogP) is 4.07. The minimum Gasteiger partial charge on any atom is -0.444 e. The van der Waals surface area contributed by atoms with Gasteiger partial charge in [0.25, 0.3) is 0 Å². The minimum atomic E-state index is -0.452. The van der Waals surface area contributed by atoms with Crippen LogP contribution in [0.5, 0.6) is 0 Å². The van der Waals surface area contributed by atoms with Crippen molar-refractivity contribution >= 4 is 16.9 Å². The van der Waals surface area contributed by atoms with Crippen molar-refractivity contribution in [3.63, 3.8) is 0 Å². The van der Waals surface area contributed by atoms with Crippen LogP contribution in [0.3, 0.4) is 0 Å². The number of fused-ring (bicyclic) bond motifs is 1. The highest BCUT2D eigenvalue weighted by Crippen LogP contribution is 2.19. The number of aromatic nitrogens is 1. The van der Waals surface area contributed by atoms with E-state index in [0.717, 1.165) is 31.4 Å². The highest BCUT2D eigenvalue weighted by Gasteiger charge is 2.27. The van der Waals surface area contributed by atoms with Crippen molar-refractivity contribution in [2.45, 2.75) is 52.3 Å². The molecule has 0 spiro atoms. The summed E-state index contributed by atoms with van der Waals surface area (Å²) in [6, 6.07) is 8.88. The number of hydrogen-bond donors (Lipinski definition) is 0. The van der Waals surface area contributed by atoms with Gasteiger partial charge in [-0.2, -0.15) is 0 Å². The van der Waals surface area contributed by atoms with Crippen molar-refractivity contribution in [3.05, 3.63) is 42.2 Å². The summed E-state index contributed by atoms with van der Waals surface area (Å²) >= 11 is 0. The van der Waals surface area contributed by atoms with Crippen LogP contribution >= 0.6 is 0 Å². The summed E-state index contributed by atoms with van der Waals surface area (Å²) in [6.45, 7) is 11.2. The molecule has 0 N–H and O–H groups in total. The number of carbonyl (C=O) groups excluding carboxylic acids is 1. The third-order valence-corrected chi connectivity index (χ3v) is 4.72. The van der Waals surface area contributed by atoms with Gasteiger partial charge in [0, 0.05) is 50.0 Å². The number of rotatable bonds is 2. The lowest BCUT2D eigenvalue weighted by molar-refractivity contribution is 0.0235. The Balaban J connectivity index is 1.66. The number of carbonyl (C=O) groups is 1. The van der Waals surface area contributed by atoms with Crippen LogP contribution in [0.4, 0.5) is 4.79 Å². The maximum Gasteiger partial charge on any atom is 0.410 e. The number of amides is 1. The van der Waals surface area contributed by atoms with Crippen LogP contribution in [0, 0.1) is 0 Å².